The molecule has 0 bridgehead atoms. The molecule has 0 fully saturated rings. The molecular weight excluding hydrogens is 236 g/mol. The van der Waals surface area contributed by atoms with Crippen molar-refractivity contribution in [3.8, 4) is 0 Å². The maximum Gasteiger partial charge on any atom is 0.268 e. The number of nitrogens with zero attached hydrogens (tertiary/aromatic N) is 4. The SMILES string of the molecule is Cc1cc(C)nc(N=NC(C)c2ccccc2C)n1. The molecule has 1 unspecified atom stereocenters. The fraction of sp³-hybridized carbons (Fsp3) is 0.333. The van der Waals surface area contributed by atoms with Gasteiger partial charge in [0.1, 0.15) is 0 Å². The third kappa shape index (κ3) is 3.44. The van der Waals surface area contributed by atoms with Crippen LogP contribution in [0.2, 0.25) is 0 Å². The van der Waals surface area contributed by atoms with E-state index < -0.39 is 0 Å². The van der Waals surface area contributed by atoms with Gasteiger partial charge in [0.2, 0.25) is 0 Å². The van der Waals surface area contributed by atoms with Crippen molar-refractivity contribution in [2.45, 2.75) is 33.7 Å². The molecule has 4 nitrogen and oxygen atoms in total. The van der Waals surface area contributed by atoms with E-state index in [4.69, 9.17) is 0 Å². The van der Waals surface area contributed by atoms with E-state index in [1.54, 1.807) is 0 Å². The molecule has 0 N–H and O–H groups in total. The van der Waals surface area contributed by atoms with Gasteiger partial charge in [-0.05, 0) is 44.9 Å². The van der Waals surface area contributed by atoms with Crippen LogP contribution < -0.4 is 0 Å². The summed E-state index contributed by atoms with van der Waals surface area (Å²) in [5.41, 5.74) is 4.21. The molecule has 4 heteroatoms. The van der Waals surface area contributed by atoms with Gasteiger partial charge in [-0.1, -0.05) is 24.3 Å². The molecule has 0 spiro atoms. The molecule has 1 heterocycles. The second-order valence-corrected chi connectivity index (χ2v) is 4.70. The quantitative estimate of drug-likeness (QED) is 0.769. The highest BCUT2D eigenvalue weighted by atomic mass is 15.2. The second-order valence-electron chi connectivity index (χ2n) is 4.70. The molecule has 0 saturated carbocycles. The summed E-state index contributed by atoms with van der Waals surface area (Å²) in [5, 5.41) is 8.46. The smallest absolute Gasteiger partial charge is 0.215 e. The maximum atomic E-state index is 4.31. The lowest BCUT2D eigenvalue weighted by atomic mass is 10.0. The number of rotatable bonds is 3. The van der Waals surface area contributed by atoms with E-state index in [0.717, 1.165) is 11.4 Å². The molecule has 2 aromatic rings. The first-order valence-electron chi connectivity index (χ1n) is 6.35. The molecule has 0 radical (unpaired) electrons. The van der Waals surface area contributed by atoms with Crippen LogP contribution in [0.3, 0.4) is 0 Å². The summed E-state index contributed by atoms with van der Waals surface area (Å²) in [4.78, 5) is 8.50. The lowest BCUT2D eigenvalue weighted by Gasteiger charge is -2.08. The standard InChI is InChI=1S/C15H18N4/c1-10-7-5-6-8-14(10)13(4)18-19-15-16-11(2)9-12(3)17-15/h5-9,13H,1-4H3. The van der Waals surface area contributed by atoms with Crippen LogP contribution in [0.25, 0.3) is 0 Å². The van der Waals surface area contributed by atoms with Crippen molar-refractivity contribution >= 4 is 5.95 Å². The third-order valence-corrected chi connectivity index (χ3v) is 2.93. The highest BCUT2D eigenvalue weighted by Crippen LogP contribution is 2.22. The van der Waals surface area contributed by atoms with Gasteiger partial charge in [0, 0.05) is 11.4 Å². The van der Waals surface area contributed by atoms with Gasteiger partial charge in [0.25, 0.3) is 5.95 Å². The Morgan fingerprint density at radius 2 is 1.63 bits per heavy atom. The summed E-state index contributed by atoms with van der Waals surface area (Å²) in [5.74, 6) is 0.429. The molecule has 0 aliphatic carbocycles. The molecule has 0 aliphatic heterocycles. The Kier molecular flexibility index (Phi) is 4.00. The fourth-order valence-corrected chi connectivity index (χ4v) is 2.01. The van der Waals surface area contributed by atoms with Gasteiger partial charge in [0.05, 0.1) is 6.04 Å². The van der Waals surface area contributed by atoms with Crippen molar-refractivity contribution in [3.05, 3.63) is 52.8 Å². The topological polar surface area (TPSA) is 50.5 Å². The monoisotopic (exact) mass is 254 g/mol. The Bertz CT molecular complexity index is 585. The Labute approximate surface area is 113 Å². The summed E-state index contributed by atoms with van der Waals surface area (Å²) in [6, 6.07) is 10.1. The minimum absolute atomic E-state index is 0.00520. The predicted octanol–water partition coefficient (Wildman–Crippen LogP) is 4.25. The van der Waals surface area contributed by atoms with Gasteiger partial charge >= 0.3 is 0 Å². The summed E-state index contributed by atoms with van der Waals surface area (Å²) >= 11 is 0. The van der Waals surface area contributed by atoms with Crippen LogP contribution in [0.1, 0.15) is 35.5 Å². The van der Waals surface area contributed by atoms with Crippen molar-refractivity contribution in [1.82, 2.24) is 9.97 Å². The molecule has 1 atom stereocenters. The average Bonchev–Trinajstić information content (AvgIpc) is 2.35. The van der Waals surface area contributed by atoms with Crippen LogP contribution in [0.4, 0.5) is 5.95 Å². The number of benzene rings is 1. The van der Waals surface area contributed by atoms with Gasteiger partial charge in [-0.15, -0.1) is 5.11 Å². The van der Waals surface area contributed by atoms with Crippen molar-refractivity contribution in [3.63, 3.8) is 0 Å². The molecule has 19 heavy (non-hydrogen) atoms. The summed E-state index contributed by atoms with van der Waals surface area (Å²) in [6.45, 7) is 7.96. The first kappa shape index (κ1) is 13.3. The molecule has 2 rings (SSSR count). The Balaban J connectivity index is 2.21. The van der Waals surface area contributed by atoms with Gasteiger partial charge in [0.15, 0.2) is 0 Å². The first-order chi connectivity index (χ1) is 9.06. The maximum absolute atomic E-state index is 4.31. The highest BCUT2D eigenvalue weighted by molar-refractivity contribution is 5.28. The highest BCUT2D eigenvalue weighted by Gasteiger charge is 2.06. The van der Waals surface area contributed by atoms with E-state index in [1.165, 1.54) is 11.1 Å². The van der Waals surface area contributed by atoms with E-state index in [2.05, 4.69) is 39.3 Å². The minimum Gasteiger partial charge on any atom is -0.215 e. The first-order valence-corrected chi connectivity index (χ1v) is 6.35. The normalized spacial score (nSPS) is 12.8. The van der Waals surface area contributed by atoms with Crippen molar-refractivity contribution < 1.29 is 0 Å². The number of hydrogen-bond donors (Lipinski definition) is 0. The lowest BCUT2D eigenvalue weighted by Crippen LogP contribution is -1.93. The second kappa shape index (κ2) is 5.69. The molecular formula is C15H18N4. The summed E-state index contributed by atoms with van der Waals surface area (Å²) in [7, 11) is 0. The Hall–Kier alpha value is -2.10. The van der Waals surface area contributed by atoms with Crippen LogP contribution in [0.15, 0.2) is 40.6 Å². The number of aryl methyl sites for hydroxylation is 3. The Morgan fingerprint density at radius 1 is 1.00 bits per heavy atom. The van der Waals surface area contributed by atoms with E-state index in [1.807, 2.05) is 39.0 Å². The molecule has 1 aromatic heterocycles. The van der Waals surface area contributed by atoms with Crippen LogP contribution in [0, 0.1) is 20.8 Å². The van der Waals surface area contributed by atoms with Gasteiger partial charge in [-0.3, -0.25) is 0 Å². The van der Waals surface area contributed by atoms with Crippen LogP contribution >= 0.6 is 0 Å². The van der Waals surface area contributed by atoms with E-state index in [0.29, 0.717) is 5.95 Å². The van der Waals surface area contributed by atoms with Gasteiger partial charge in [-0.2, -0.15) is 5.11 Å². The van der Waals surface area contributed by atoms with Crippen molar-refractivity contribution in [1.29, 1.82) is 0 Å². The van der Waals surface area contributed by atoms with Crippen LogP contribution in [-0.4, -0.2) is 9.97 Å². The lowest BCUT2D eigenvalue weighted by molar-refractivity contribution is 0.748. The zero-order valence-corrected chi connectivity index (χ0v) is 11.8. The number of hydrogen-bond acceptors (Lipinski definition) is 4. The van der Waals surface area contributed by atoms with E-state index in [-0.39, 0.29) is 6.04 Å². The number of aromatic nitrogens is 2. The molecule has 0 saturated heterocycles. The van der Waals surface area contributed by atoms with Crippen LogP contribution in [-0.2, 0) is 0 Å². The van der Waals surface area contributed by atoms with Gasteiger partial charge in [-0.25, -0.2) is 9.97 Å². The summed E-state index contributed by atoms with van der Waals surface area (Å²) in [6.07, 6.45) is 0. The zero-order chi connectivity index (χ0) is 13.8. The van der Waals surface area contributed by atoms with Crippen molar-refractivity contribution in [2.75, 3.05) is 0 Å². The van der Waals surface area contributed by atoms with E-state index >= 15 is 0 Å². The van der Waals surface area contributed by atoms with Crippen molar-refractivity contribution in [2.24, 2.45) is 10.2 Å². The number of azo groups is 1. The predicted molar refractivity (Wildman–Crippen MR) is 75.6 cm³/mol. The van der Waals surface area contributed by atoms with Crippen LogP contribution in [0.5, 0.6) is 0 Å². The molecule has 98 valence electrons. The Morgan fingerprint density at radius 3 is 2.26 bits per heavy atom. The third-order valence-electron chi connectivity index (χ3n) is 2.93. The fourth-order valence-electron chi connectivity index (χ4n) is 2.01. The molecule has 1 aromatic carbocycles. The summed E-state index contributed by atoms with van der Waals surface area (Å²) < 4.78 is 0. The zero-order valence-electron chi connectivity index (χ0n) is 11.8. The largest absolute Gasteiger partial charge is 0.268 e. The molecule has 0 amide bonds. The average molecular weight is 254 g/mol. The molecule has 0 aliphatic rings. The van der Waals surface area contributed by atoms with E-state index in [9.17, 15) is 0 Å². The van der Waals surface area contributed by atoms with Gasteiger partial charge < -0.3 is 0 Å². The minimum atomic E-state index is 0.00520.